The predicted octanol–water partition coefficient (Wildman–Crippen LogP) is 3.85. The molecule has 0 aromatic carbocycles. The summed E-state index contributed by atoms with van der Waals surface area (Å²) in [6.45, 7) is 10.0. The van der Waals surface area contributed by atoms with Gasteiger partial charge in [-0.3, -0.25) is 0 Å². The summed E-state index contributed by atoms with van der Waals surface area (Å²) in [4.78, 5) is 9.02. The summed E-state index contributed by atoms with van der Waals surface area (Å²) in [6, 6.07) is 0. The topological polar surface area (TPSA) is 28.2 Å². The number of anilines is 1. The first-order valence-electron chi connectivity index (χ1n) is 8.10. The number of hydrogen-bond donors (Lipinski definition) is 1. The van der Waals surface area contributed by atoms with Gasteiger partial charge in [0.25, 0.3) is 0 Å². The van der Waals surface area contributed by atoms with E-state index in [1.54, 1.807) is 0 Å². The van der Waals surface area contributed by atoms with Crippen LogP contribution in [0.3, 0.4) is 0 Å². The Labute approximate surface area is 136 Å². The fraction of sp³-hybridized carbons (Fsp3) is 0.812. The highest BCUT2D eigenvalue weighted by molar-refractivity contribution is 7.99. The first kappa shape index (κ1) is 15.6. The van der Waals surface area contributed by atoms with Crippen LogP contribution < -0.4 is 10.2 Å². The zero-order chi connectivity index (χ0) is 14.9. The average molecular weight is 326 g/mol. The van der Waals surface area contributed by atoms with E-state index in [-0.39, 0.29) is 5.54 Å². The van der Waals surface area contributed by atoms with Crippen LogP contribution in [0.4, 0.5) is 5.13 Å². The van der Waals surface area contributed by atoms with Crippen molar-refractivity contribution in [2.24, 2.45) is 0 Å². The van der Waals surface area contributed by atoms with Gasteiger partial charge in [-0.05, 0) is 45.8 Å². The molecule has 1 aromatic rings. The molecule has 3 nitrogen and oxygen atoms in total. The van der Waals surface area contributed by atoms with Gasteiger partial charge in [-0.25, -0.2) is 4.98 Å². The molecule has 2 heterocycles. The maximum Gasteiger partial charge on any atom is 0.185 e. The lowest BCUT2D eigenvalue weighted by molar-refractivity contribution is 0.425. The Balaban J connectivity index is 1.75. The molecule has 0 bridgehead atoms. The van der Waals surface area contributed by atoms with Crippen molar-refractivity contribution in [3.63, 3.8) is 0 Å². The van der Waals surface area contributed by atoms with Crippen LogP contribution in [-0.4, -0.2) is 35.1 Å². The Bertz CT molecular complexity index is 466. The van der Waals surface area contributed by atoms with E-state index in [0.717, 1.165) is 19.0 Å². The highest BCUT2D eigenvalue weighted by atomic mass is 32.2. The summed E-state index contributed by atoms with van der Waals surface area (Å²) in [6.07, 6.45) is 3.96. The van der Waals surface area contributed by atoms with Crippen molar-refractivity contribution in [3.8, 4) is 0 Å². The smallest absolute Gasteiger partial charge is 0.185 e. The van der Waals surface area contributed by atoms with E-state index >= 15 is 0 Å². The number of nitrogens with zero attached hydrogens (tertiary/aromatic N) is 2. The lowest BCUT2D eigenvalue weighted by atomic mass is 10.1. The molecule has 3 rings (SSSR count). The summed E-state index contributed by atoms with van der Waals surface area (Å²) in [7, 11) is 0. The van der Waals surface area contributed by atoms with Crippen LogP contribution in [0.5, 0.6) is 0 Å². The van der Waals surface area contributed by atoms with Crippen molar-refractivity contribution >= 4 is 28.2 Å². The van der Waals surface area contributed by atoms with Gasteiger partial charge in [-0.2, -0.15) is 11.8 Å². The zero-order valence-corrected chi connectivity index (χ0v) is 15.1. The molecule has 0 unspecified atom stereocenters. The number of thioether (sulfide) groups is 1. The van der Waals surface area contributed by atoms with Gasteiger partial charge in [0.05, 0.1) is 5.69 Å². The molecule has 1 saturated heterocycles. The minimum atomic E-state index is 0.171. The highest BCUT2D eigenvalue weighted by Crippen LogP contribution is 2.44. The van der Waals surface area contributed by atoms with Crippen molar-refractivity contribution in [1.29, 1.82) is 0 Å². The van der Waals surface area contributed by atoms with Gasteiger partial charge in [-0.1, -0.05) is 0 Å². The van der Waals surface area contributed by atoms with Crippen molar-refractivity contribution in [1.82, 2.24) is 10.3 Å². The van der Waals surface area contributed by atoms with E-state index in [1.807, 2.05) is 11.3 Å². The normalized spacial score (nSPS) is 20.6. The minimum absolute atomic E-state index is 0.171. The summed E-state index contributed by atoms with van der Waals surface area (Å²) < 4.78 is 0. The molecule has 5 heteroatoms. The van der Waals surface area contributed by atoms with Gasteiger partial charge in [0.15, 0.2) is 5.13 Å². The maximum absolute atomic E-state index is 5.03. The van der Waals surface area contributed by atoms with Gasteiger partial charge in [0, 0.05) is 41.7 Å². The second kappa shape index (κ2) is 6.47. The van der Waals surface area contributed by atoms with E-state index in [2.05, 4.69) is 42.7 Å². The SMILES string of the molecule is CC(C)(C)NCc1sc(N2CCCSCC2)nc1C1CC1. The van der Waals surface area contributed by atoms with Crippen LogP contribution in [0, 0.1) is 0 Å². The molecular weight excluding hydrogens is 298 g/mol. The van der Waals surface area contributed by atoms with Gasteiger partial charge in [0.2, 0.25) is 0 Å². The molecule has 1 saturated carbocycles. The summed E-state index contributed by atoms with van der Waals surface area (Å²) >= 11 is 4.01. The molecule has 0 spiro atoms. The summed E-state index contributed by atoms with van der Waals surface area (Å²) in [5, 5.41) is 4.91. The monoisotopic (exact) mass is 325 g/mol. The molecule has 0 amide bonds. The van der Waals surface area contributed by atoms with Gasteiger partial charge >= 0.3 is 0 Å². The highest BCUT2D eigenvalue weighted by Gasteiger charge is 2.31. The third-order valence-corrected chi connectivity index (χ3v) is 6.13. The molecule has 1 aliphatic heterocycles. The Morgan fingerprint density at radius 1 is 1.24 bits per heavy atom. The van der Waals surface area contributed by atoms with E-state index in [0.29, 0.717) is 0 Å². The molecule has 2 fully saturated rings. The lowest BCUT2D eigenvalue weighted by Gasteiger charge is -2.20. The quantitative estimate of drug-likeness (QED) is 0.910. The second-order valence-corrected chi connectivity index (χ2v) is 9.42. The zero-order valence-electron chi connectivity index (χ0n) is 13.4. The predicted molar refractivity (Wildman–Crippen MR) is 94.8 cm³/mol. The Morgan fingerprint density at radius 3 is 2.76 bits per heavy atom. The Hall–Kier alpha value is -0.260. The number of hydrogen-bond acceptors (Lipinski definition) is 5. The molecule has 0 atom stereocenters. The first-order valence-corrected chi connectivity index (χ1v) is 10.1. The fourth-order valence-corrected chi connectivity index (χ4v) is 4.60. The van der Waals surface area contributed by atoms with Crippen LogP contribution >= 0.6 is 23.1 Å². The molecule has 118 valence electrons. The number of thiazole rings is 1. The largest absolute Gasteiger partial charge is 0.347 e. The third-order valence-electron chi connectivity index (χ3n) is 3.95. The Kier molecular flexibility index (Phi) is 4.81. The standard InChI is InChI=1S/C16H27N3S2/c1-16(2,3)17-11-13-14(12-5-6-12)18-15(21-13)19-7-4-9-20-10-8-19/h12,17H,4-11H2,1-3H3. The molecule has 1 aliphatic carbocycles. The first-order chi connectivity index (χ1) is 10.0. The summed E-state index contributed by atoms with van der Waals surface area (Å²) in [5.74, 6) is 3.29. The van der Waals surface area contributed by atoms with E-state index < -0.39 is 0 Å². The van der Waals surface area contributed by atoms with Crippen LogP contribution in [0.25, 0.3) is 0 Å². The van der Waals surface area contributed by atoms with E-state index in [1.165, 1.54) is 53.0 Å². The van der Waals surface area contributed by atoms with E-state index in [4.69, 9.17) is 4.98 Å². The van der Waals surface area contributed by atoms with E-state index in [9.17, 15) is 0 Å². The van der Waals surface area contributed by atoms with Crippen molar-refractivity contribution < 1.29 is 0 Å². The third kappa shape index (κ3) is 4.36. The number of nitrogens with one attached hydrogen (secondary N) is 1. The van der Waals surface area contributed by atoms with Gasteiger partial charge in [-0.15, -0.1) is 11.3 Å². The van der Waals surface area contributed by atoms with Crippen LogP contribution in [0.1, 0.15) is 56.5 Å². The Morgan fingerprint density at radius 2 is 2.05 bits per heavy atom. The van der Waals surface area contributed by atoms with Crippen LogP contribution in [-0.2, 0) is 6.54 Å². The molecule has 1 N–H and O–H groups in total. The number of rotatable bonds is 4. The minimum Gasteiger partial charge on any atom is -0.347 e. The number of aromatic nitrogens is 1. The van der Waals surface area contributed by atoms with Crippen LogP contribution in [0.2, 0.25) is 0 Å². The van der Waals surface area contributed by atoms with Gasteiger partial charge < -0.3 is 10.2 Å². The fourth-order valence-electron chi connectivity index (χ4n) is 2.57. The molecule has 2 aliphatic rings. The lowest BCUT2D eigenvalue weighted by Crippen LogP contribution is -2.35. The summed E-state index contributed by atoms with van der Waals surface area (Å²) in [5.41, 5.74) is 1.56. The second-order valence-electron chi connectivity index (χ2n) is 7.14. The molecule has 21 heavy (non-hydrogen) atoms. The van der Waals surface area contributed by atoms with Crippen LogP contribution in [0.15, 0.2) is 0 Å². The van der Waals surface area contributed by atoms with Crippen molar-refractivity contribution in [2.45, 2.75) is 58.0 Å². The van der Waals surface area contributed by atoms with Crippen molar-refractivity contribution in [2.75, 3.05) is 29.5 Å². The molecular formula is C16H27N3S2. The maximum atomic E-state index is 5.03. The molecule has 0 radical (unpaired) electrons. The average Bonchev–Trinajstić information content (AvgIpc) is 3.21. The molecule has 1 aromatic heterocycles. The van der Waals surface area contributed by atoms with Crippen molar-refractivity contribution in [3.05, 3.63) is 10.6 Å². The van der Waals surface area contributed by atoms with Gasteiger partial charge in [0.1, 0.15) is 0 Å².